The molecule has 17 rings (SSSR count). The van der Waals surface area contributed by atoms with E-state index in [2.05, 4.69) is 65.2 Å². The summed E-state index contributed by atoms with van der Waals surface area (Å²) in [5, 5.41) is 10.7. The molecular formula is C83H62Cl4N6O4. The minimum absolute atomic E-state index is 0.0208. The van der Waals surface area contributed by atoms with E-state index in [-0.39, 0.29) is 30.0 Å². The smallest absolute Gasteiger partial charge is 0.262 e. The summed E-state index contributed by atoms with van der Waals surface area (Å²) in [5.41, 5.74) is 13.5. The van der Waals surface area contributed by atoms with Gasteiger partial charge >= 0.3 is 0 Å². The second kappa shape index (κ2) is 24.1. The molecule has 0 aliphatic carbocycles. The first-order valence-electron chi connectivity index (χ1n) is 33.5. The number of nitrogens with one attached hydrogen (secondary N) is 3. The number of amides is 2. The molecule has 10 nitrogen and oxygen atoms in total. The molecule has 476 valence electrons. The summed E-state index contributed by atoms with van der Waals surface area (Å²) in [6.07, 6.45) is 13.7. The number of aromatic amines is 3. The number of hydrogen-bond acceptors (Lipinski definition) is 5. The van der Waals surface area contributed by atoms with Crippen molar-refractivity contribution in [1.82, 2.24) is 29.4 Å². The van der Waals surface area contributed by atoms with Gasteiger partial charge in [-0.3, -0.25) is 28.6 Å². The molecule has 2 aliphatic heterocycles. The van der Waals surface area contributed by atoms with Crippen molar-refractivity contribution in [3.8, 4) is 44.5 Å². The van der Waals surface area contributed by atoms with Crippen LogP contribution in [0.25, 0.3) is 154 Å². The predicted octanol–water partition coefficient (Wildman–Crippen LogP) is 22.7. The molecule has 0 spiro atoms. The highest BCUT2D eigenvalue weighted by Crippen LogP contribution is 2.51. The maximum atomic E-state index is 15.5. The quantitative estimate of drug-likeness (QED) is 0.0361. The van der Waals surface area contributed by atoms with Crippen LogP contribution in [0.3, 0.4) is 0 Å². The lowest BCUT2D eigenvalue weighted by atomic mass is 9.80. The number of fused-ring (bicyclic) bond motifs is 13. The van der Waals surface area contributed by atoms with Crippen LogP contribution in [0, 0.1) is 0 Å². The highest BCUT2D eigenvalue weighted by molar-refractivity contribution is 6.47. The van der Waals surface area contributed by atoms with E-state index in [1.165, 1.54) is 4.57 Å². The van der Waals surface area contributed by atoms with E-state index in [4.69, 9.17) is 51.4 Å². The number of hydrogen-bond donors (Lipinski definition) is 3. The van der Waals surface area contributed by atoms with Crippen molar-refractivity contribution in [2.75, 3.05) is 0 Å². The molecule has 10 aromatic carbocycles. The third kappa shape index (κ3) is 9.76. The Hall–Kier alpha value is -9.81. The number of benzene rings is 10. The molecule has 15 aromatic rings. The first-order valence-corrected chi connectivity index (χ1v) is 35.0. The second-order valence-corrected chi connectivity index (χ2v) is 27.7. The largest absolute Gasteiger partial charge is 0.354 e. The van der Waals surface area contributed by atoms with Crippen LogP contribution in [0.5, 0.6) is 0 Å². The SMILES string of the molecule is CCCCCCC(CCCCCC)N1C(=O)c2ccc3c4cccc5ccc6c7c(=O)n(Cc8ccc(-c9ccc(-c%10c%11nc(c(-c%12c(Cl)cccc%12Cl)c%12ccc([nH]%12)c%12ccc([nH]%12)c(-c%12c(Cl)cccc%12Cl)c%12ccc%10[nH]%12)C=C%11)cc9)cc8)c(=O)c7c7cc(c2c3c7c6c54)C1=O. The number of H-pyrrole nitrogens is 3. The van der Waals surface area contributed by atoms with E-state index in [0.717, 1.165) is 174 Å². The number of unbranched alkanes of at least 4 members (excludes halogenated alkanes) is 6. The molecule has 0 radical (unpaired) electrons. The van der Waals surface area contributed by atoms with Crippen LogP contribution < -0.4 is 11.1 Å². The van der Waals surface area contributed by atoms with Crippen molar-refractivity contribution in [1.29, 1.82) is 0 Å². The van der Waals surface area contributed by atoms with Gasteiger partial charge in [0.2, 0.25) is 0 Å². The Labute approximate surface area is 577 Å². The van der Waals surface area contributed by atoms with Crippen LogP contribution in [-0.2, 0) is 6.54 Å². The normalized spacial score (nSPS) is 13.0. The van der Waals surface area contributed by atoms with Crippen LogP contribution in [-0.4, -0.2) is 47.3 Å². The van der Waals surface area contributed by atoms with Crippen molar-refractivity contribution in [2.24, 2.45) is 0 Å². The number of carbonyl (C=O) groups excluding carboxylic acids is 2. The zero-order valence-corrected chi connectivity index (χ0v) is 56.2. The summed E-state index contributed by atoms with van der Waals surface area (Å²) in [5.74, 6) is -0.595. The second-order valence-electron chi connectivity index (χ2n) is 26.1. The average molecular weight is 1350 g/mol. The molecule has 0 saturated carbocycles. The summed E-state index contributed by atoms with van der Waals surface area (Å²) in [4.78, 5) is 79.3. The molecule has 0 atom stereocenters. The summed E-state index contributed by atoms with van der Waals surface area (Å²) < 4.78 is 1.35. The average Bonchev–Trinajstić information content (AvgIpc) is 1.66. The summed E-state index contributed by atoms with van der Waals surface area (Å²) in [7, 11) is 0. The lowest BCUT2D eigenvalue weighted by Gasteiger charge is -2.35. The van der Waals surface area contributed by atoms with E-state index in [0.29, 0.717) is 80.7 Å². The van der Waals surface area contributed by atoms with Crippen LogP contribution in [0.1, 0.15) is 116 Å². The fraction of sp³-hybridized carbons (Fsp3) is 0.169. The fourth-order valence-corrected chi connectivity index (χ4v) is 17.0. The van der Waals surface area contributed by atoms with Gasteiger partial charge in [0.05, 0.1) is 59.8 Å². The maximum absolute atomic E-state index is 15.5. The van der Waals surface area contributed by atoms with E-state index in [1.807, 2.05) is 146 Å². The molecule has 8 bridgehead atoms. The maximum Gasteiger partial charge on any atom is 0.262 e. The van der Waals surface area contributed by atoms with Crippen molar-refractivity contribution >= 4 is 168 Å². The zero-order chi connectivity index (χ0) is 66.1. The molecule has 97 heavy (non-hydrogen) atoms. The van der Waals surface area contributed by atoms with Gasteiger partial charge in [0.25, 0.3) is 22.9 Å². The van der Waals surface area contributed by atoms with Gasteiger partial charge in [-0.2, -0.15) is 0 Å². The Morgan fingerprint density at radius 3 is 1.48 bits per heavy atom. The topological polar surface area (TPSA) is 137 Å². The molecular weight excluding hydrogens is 1290 g/mol. The van der Waals surface area contributed by atoms with Crippen molar-refractivity contribution in [2.45, 2.75) is 90.6 Å². The van der Waals surface area contributed by atoms with Gasteiger partial charge < -0.3 is 15.0 Å². The number of aromatic nitrogens is 5. The van der Waals surface area contributed by atoms with E-state index in [1.54, 1.807) is 4.90 Å². The van der Waals surface area contributed by atoms with Gasteiger partial charge in [-0.05, 0) is 169 Å². The van der Waals surface area contributed by atoms with E-state index >= 15 is 19.2 Å². The lowest BCUT2D eigenvalue weighted by molar-refractivity contribution is 0.0517. The van der Waals surface area contributed by atoms with E-state index in [9.17, 15) is 0 Å². The molecule has 14 heteroatoms. The number of imide groups is 1. The molecule has 5 aromatic heterocycles. The van der Waals surface area contributed by atoms with Gasteiger partial charge in [0.1, 0.15) is 0 Å². The van der Waals surface area contributed by atoms with Crippen molar-refractivity contribution < 1.29 is 9.59 Å². The standard InChI is InChI=1S/C83H62Cl4N6O4/c1-3-5-7-9-15-49(16-10-8-6-4-2)93-80(94)53-33-32-51-50-17-11-14-47-30-31-52-72(68(47)50)73-54(42-55(81(93)95)70(53)71(51)73)75-74(52)82(96)92(83(75)97)43-44-22-24-45(25-23-44)46-26-28-48(29-27-46)69-62-38-40-66(90-62)78(76-56(84)18-12-19-57(76)85)64-36-34-60(88-64)61-35-37-65(89-61)79(67-41-39-63(69)91-67)77-58(86)20-13-21-59(77)87/h11-14,17-42,49,88-90H,3-10,15-16,43H2,1-2H3. The summed E-state index contributed by atoms with van der Waals surface area (Å²) >= 11 is 28.2. The summed E-state index contributed by atoms with van der Waals surface area (Å²) in [6.45, 7) is 4.39. The van der Waals surface area contributed by atoms with Crippen LogP contribution in [0.2, 0.25) is 20.1 Å². The Balaban J connectivity index is 0.772. The Morgan fingerprint density at radius 2 is 0.866 bits per heavy atom. The number of carbonyl (C=O) groups is 2. The number of rotatable bonds is 17. The van der Waals surface area contributed by atoms with Crippen LogP contribution >= 0.6 is 46.4 Å². The minimum Gasteiger partial charge on any atom is -0.354 e. The molecule has 2 amide bonds. The monoisotopic (exact) mass is 1350 g/mol. The van der Waals surface area contributed by atoms with E-state index < -0.39 is 5.56 Å². The first-order chi connectivity index (χ1) is 47.4. The fourth-order valence-electron chi connectivity index (χ4n) is 15.9. The lowest BCUT2D eigenvalue weighted by Crippen LogP contribution is -2.47. The predicted molar refractivity (Wildman–Crippen MR) is 403 cm³/mol. The minimum atomic E-state index is -0.419. The van der Waals surface area contributed by atoms with Gasteiger partial charge in [-0.25, -0.2) is 4.98 Å². The Morgan fingerprint density at radius 1 is 0.392 bits per heavy atom. The zero-order valence-electron chi connectivity index (χ0n) is 53.2. The van der Waals surface area contributed by atoms with Crippen LogP contribution in [0.4, 0.5) is 0 Å². The van der Waals surface area contributed by atoms with Gasteiger partial charge in [0, 0.05) is 72.4 Å². The molecule has 2 aliphatic rings. The van der Waals surface area contributed by atoms with Crippen LogP contribution in [0.15, 0.2) is 179 Å². The van der Waals surface area contributed by atoms with Gasteiger partial charge in [-0.15, -0.1) is 0 Å². The Bertz CT molecular complexity index is 6010. The number of halogens is 4. The highest BCUT2D eigenvalue weighted by atomic mass is 35.5. The summed E-state index contributed by atoms with van der Waals surface area (Å²) in [6, 6.07) is 55.2. The number of nitrogens with zero attached hydrogens (tertiary/aromatic N) is 3. The van der Waals surface area contributed by atoms with Crippen molar-refractivity contribution in [3.63, 3.8) is 0 Å². The molecule has 0 unspecified atom stereocenters. The molecule has 0 fully saturated rings. The molecule has 3 N–H and O–H groups in total. The first kappa shape index (κ1) is 60.8. The highest BCUT2D eigenvalue weighted by Gasteiger charge is 2.40. The Kier molecular flexibility index (Phi) is 15.1. The molecule has 7 heterocycles. The molecule has 0 saturated heterocycles. The third-order valence-corrected chi connectivity index (χ3v) is 21.7. The van der Waals surface area contributed by atoms with Gasteiger partial charge in [0.15, 0.2) is 0 Å². The van der Waals surface area contributed by atoms with Gasteiger partial charge in [-0.1, -0.05) is 209 Å². The third-order valence-electron chi connectivity index (χ3n) is 20.4. The van der Waals surface area contributed by atoms with Crippen molar-refractivity contribution in [3.05, 3.63) is 239 Å².